The highest BCUT2D eigenvalue weighted by molar-refractivity contribution is 7.99. The molecule has 0 bridgehead atoms. The van der Waals surface area contributed by atoms with Crippen molar-refractivity contribution in [2.75, 3.05) is 37.1 Å². The summed E-state index contributed by atoms with van der Waals surface area (Å²) in [5, 5.41) is 2.98. The maximum Gasteiger partial charge on any atom is 0.251 e. The zero-order valence-corrected chi connectivity index (χ0v) is 26.1. The van der Waals surface area contributed by atoms with Gasteiger partial charge in [0.25, 0.3) is 5.91 Å². The Morgan fingerprint density at radius 3 is 2.43 bits per heavy atom. The number of nitrogens with zero attached hydrogens (tertiary/aromatic N) is 1. The normalized spacial score (nSPS) is 16.9. The lowest BCUT2D eigenvalue weighted by atomic mass is 10.0. The van der Waals surface area contributed by atoms with Gasteiger partial charge in [-0.2, -0.15) is 0 Å². The molecule has 8 heteroatoms. The molecule has 3 aromatic rings. The summed E-state index contributed by atoms with van der Waals surface area (Å²) in [4.78, 5) is 17.2. The highest BCUT2D eigenvalue weighted by Gasteiger charge is 2.25. The van der Waals surface area contributed by atoms with Gasteiger partial charge in [0.05, 0.1) is 10.6 Å². The molecule has 0 aliphatic carbocycles. The second-order valence-electron chi connectivity index (χ2n) is 11.1. The van der Waals surface area contributed by atoms with Gasteiger partial charge >= 0.3 is 0 Å². The number of amides is 1. The fourth-order valence-electron chi connectivity index (χ4n) is 5.44. The van der Waals surface area contributed by atoms with Crippen LogP contribution in [0.25, 0.3) is 17.2 Å². The molecule has 2 aliphatic rings. The van der Waals surface area contributed by atoms with Crippen molar-refractivity contribution in [2.45, 2.75) is 61.4 Å². The fourth-order valence-corrected chi connectivity index (χ4v) is 7.90. The van der Waals surface area contributed by atoms with E-state index in [1.54, 1.807) is 12.1 Å². The van der Waals surface area contributed by atoms with Crippen LogP contribution < -0.4 is 5.32 Å². The van der Waals surface area contributed by atoms with Crippen LogP contribution in [0.4, 0.5) is 5.69 Å². The number of sulfone groups is 1. The van der Waals surface area contributed by atoms with Crippen molar-refractivity contribution in [1.29, 1.82) is 0 Å². The SMILES string of the molecule is CCCCSc1ccc(-c2ccc3c(c2)C=C(C(=O)Nc2ccc(CN(C)C4CCOCC4)cc2)CCS3(=O)=O)cc1. The van der Waals surface area contributed by atoms with E-state index in [9.17, 15) is 13.2 Å². The van der Waals surface area contributed by atoms with Gasteiger partial charge in [-0.1, -0.05) is 43.7 Å². The lowest BCUT2D eigenvalue weighted by Crippen LogP contribution is -2.36. The smallest absolute Gasteiger partial charge is 0.251 e. The zero-order chi connectivity index (χ0) is 29.5. The molecule has 2 heterocycles. The van der Waals surface area contributed by atoms with Crippen LogP contribution in [0, 0.1) is 0 Å². The van der Waals surface area contributed by atoms with Crippen molar-refractivity contribution < 1.29 is 17.9 Å². The van der Waals surface area contributed by atoms with Gasteiger partial charge in [-0.25, -0.2) is 8.42 Å². The highest BCUT2D eigenvalue weighted by atomic mass is 32.2. The van der Waals surface area contributed by atoms with E-state index in [4.69, 9.17) is 4.74 Å². The van der Waals surface area contributed by atoms with Gasteiger partial charge < -0.3 is 10.1 Å². The number of unbranched alkanes of at least 4 members (excludes halogenated alkanes) is 1. The van der Waals surface area contributed by atoms with Gasteiger partial charge in [0.1, 0.15) is 0 Å². The Balaban J connectivity index is 1.29. The Bertz CT molecular complexity index is 1510. The maximum atomic E-state index is 13.3. The fraction of sp³-hybridized carbons (Fsp3) is 0.382. The minimum Gasteiger partial charge on any atom is -0.381 e. The zero-order valence-electron chi connectivity index (χ0n) is 24.5. The summed E-state index contributed by atoms with van der Waals surface area (Å²) in [5.74, 6) is 0.726. The van der Waals surface area contributed by atoms with E-state index in [0.717, 1.165) is 49.5 Å². The van der Waals surface area contributed by atoms with Crippen LogP contribution in [0.15, 0.2) is 82.1 Å². The molecule has 5 rings (SSSR count). The summed E-state index contributed by atoms with van der Waals surface area (Å²) in [6.07, 6.45) is 6.36. The Kier molecular flexibility index (Phi) is 10.2. The topological polar surface area (TPSA) is 75.7 Å². The molecule has 0 saturated carbocycles. The monoisotopic (exact) mass is 604 g/mol. The van der Waals surface area contributed by atoms with E-state index in [-0.39, 0.29) is 23.0 Å². The third kappa shape index (κ3) is 7.72. The number of carbonyl (C=O) groups is 1. The lowest BCUT2D eigenvalue weighted by Gasteiger charge is -2.31. The first-order chi connectivity index (χ1) is 20.3. The second kappa shape index (κ2) is 14.0. The number of fused-ring (bicyclic) bond motifs is 1. The number of anilines is 1. The molecule has 2 aliphatic heterocycles. The third-order valence-electron chi connectivity index (χ3n) is 8.02. The lowest BCUT2D eigenvalue weighted by molar-refractivity contribution is -0.112. The Morgan fingerprint density at radius 2 is 1.71 bits per heavy atom. The predicted octanol–water partition coefficient (Wildman–Crippen LogP) is 7.06. The molecule has 1 amide bonds. The molecular weight excluding hydrogens is 565 g/mol. The minimum absolute atomic E-state index is 0.0975. The molecule has 0 aromatic heterocycles. The van der Waals surface area contributed by atoms with Crippen LogP contribution in [0.5, 0.6) is 0 Å². The van der Waals surface area contributed by atoms with Gasteiger partial charge in [-0.05, 0) is 103 Å². The molecule has 0 atom stereocenters. The van der Waals surface area contributed by atoms with Gasteiger partial charge in [0.2, 0.25) is 0 Å². The Hall–Kier alpha value is -2.91. The van der Waals surface area contributed by atoms with Gasteiger partial charge in [-0.15, -0.1) is 11.8 Å². The number of thioether (sulfide) groups is 1. The highest BCUT2D eigenvalue weighted by Crippen LogP contribution is 2.32. The minimum atomic E-state index is -3.51. The van der Waals surface area contributed by atoms with Crippen molar-refractivity contribution in [2.24, 2.45) is 0 Å². The first-order valence-electron chi connectivity index (χ1n) is 14.8. The number of nitrogens with one attached hydrogen (secondary N) is 1. The van der Waals surface area contributed by atoms with E-state index in [1.807, 2.05) is 48.2 Å². The van der Waals surface area contributed by atoms with E-state index >= 15 is 0 Å². The molecule has 1 saturated heterocycles. The van der Waals surface area contributed by atoms with Crippen LogP contribution in [0.2, 0.25) is 0 Å². The number of ether oxygens (including phenoxy) is 1. The average Bonchev–Trinajstić information content (AvgIpc) is 3.14. The molecular formula is C34H40N2O4S2. The first-order valence-corrected chi connectivity index (χ1v) is 17.4. The molecule has 222 valence electrons. The molecule has 6 nitrogen and oxygen atoms in total. The van der Waals surface area contributed by atoms with E-state index < -0.39 is 9.84 Å². The number of hydrogen-bond acceptors (Lipinski definition) is 6. The molecule has 42 heavy (non-hydrogen) atoms. The number of rotatable bonds is 10. The van der Waals surface area contributed by atoms with Crippen molar-refractivity contribution >= 4 is 39.3 Å². The first kappa shape index (κ1) is 30.5. The van der Waals surface area contributed by atoms with Crippen LogP contribution in [0.1, 0.15) is 50.2 Å². The summed E-state index contributed by atoms with van der Waals surface area (Å²) in [5.41, 5.74) is 4.82. The second-order valence-corrected chi connectivity index (χ2v) is 14.4. The van der Waals surface area contributed by atoms with Crippen LogP contribution in [-0.2, 0) is 25.9 Å². The summed E-state index contributed by atoms with van der Waals surface area (Å²) < 4.78 is 31.7. The molecule has 0 radical (unpaired) electrons. The van der Waals surface area contributed by atoms with Crippen molar-refractivity contribution in [3.63, 3.8) is 0 Å². The number of benzene rings is 3. The van der Waals surface area contributed by atoms with E-state index in [2.05, 4.69) is 48.5 Å². The predicted molar refractivity (Wildman–Crippen MR) is 173 cm³/mol. The quantitative estimate of drug-likeness (QED) is 0.197. The van der Waals surface area contributed by atoms with Crippen molar-refractivity contribution in [3.05, 3.63) is 83.4 Å². The van der Waals surface area contributed by atoms with Gasteiger partial charge in [0, 0.05) is 42.0 Å². The summed E-state index contributed by atoms with van der Waals surface area (Å²) in [6.45, 7) is 4.65. The Labute approximate surface area is 254 Å². The van der Waals surface area contributed by atoms with Gasteiger partial charge in [-0.3, -0.25) is 9.69 Å². The molecule has 0 unspecified atom stereocenters. The number of hydrogen-bond donors (Lipinski definition) is 1. The van der Waals surface area contributed by atoms with E-state index in [1.165, 1.54) is 23.3 Å². The molecule has 3 aromatic carbocycles. The maximum absolute atomic E-state index is 13.3. The summed E-state index contributed by atoms with van der Waals surface area (Å²) >= 11 is 1.85. The molecule has 1 N–H and O–H groups in total. The summed E-state index contributed by atoms with van der Waals surface area (Å²) in [7, 11) is -1.37. The standard InChI is InChI=1S/C34H40N2O4S2/c1-3-4-20-41-32-12-7-26(8-13-32)27-9-14-33-29(22-27)23-28(17-21-42(33,38)39)34(37)35-30-10-5-25(6-11-30)24-36(2)31-15-18-40-19-16-31/h5-14,22-23,31H,3-4,15-21,24H2,1-2H3,(H,35,37). The van der Waals surface area contributed by atoms with Gasteiger partial charge in [0.15, 0.2) is 9.84 Å². The van der Waals surface area contributed by atoms with Crippen molar-refractivity contribution in [3.8, 4) is 11.1 Å². The van der Waals surface area contributed by atoms with Crippen LogP contribution in [-0.4, -0.2) is 57.0 Å². The molecule has 0 spiro atoms. The van der Waals surface area contributed by atoms with Crippen LogP contribution >= 0.6 is 11.8 Å². The third-order valence-corrected chi connectivity index (χ3v) is 10.9. The van der Waals surface area contributed by atoms with Crippen LogP contribution in [0.3, 0.4) is 0 Å². The molecule has 1 fully saturated rings. The van der Waals surface area contributed by atoms with E-state index in [0.29, 0.717) is 22.9 Å². The summed E-state index contributed by atoms with van der Waals surface area (Å²) in [6, 6.07) is 22.2. The van der Waals surface area contributed by atoms with Crippen molar-refractivity contribution in [1.82, 2.24) is 4.90 Å². The average molecular weight is 605 g/mol. The Morgan fingerprint density at radius 1 is 1.00 bits per heavy atom. The largest absolute Gasteiger partial charge is 0.381 e. The number of carbonyl (C=O) groups excluding carboxylic acids is 1.